The molecule has 0 aliphatic carbocycles. The minimum atomic E-state index is 0.566. The van der Waals surface area contributed by atoms with Crippen molar-refractivity contribution in [3.63, 3.8) is 0 Å². The third-order valence-corrected chi connectivity index (χ3v) is 0.636. The van der Waals surface area contributed by atoms with Crippen molar-refractivity contribution in [2.24, 2.45) is 0 Å². The molecular weight excluding hydrogens is 156 g/mol. The Hall–Kier alpha value is 0.180. The average Bonchev–Trinajstić information content (AvgIpc) is 1.61. The lowest BCUT2D eigenvalue weighted by atomic mass is 10.7. The number of halogens is 1. The molecule has 0 rings (SSSR count). The SMILES string of the molecule is C=C(Br)CO[CH]C. The quantitative estimate of drug-likeness (QED) is 0.620. The summed E-state index contributed by atoms with van der Waals surface area (Å²) in [5, 5.41) is 0. The van der Waals surface area contributed by atoms with Crippen molar-refractivity contribution in [1.82, 2.24) is 0 Å². The van der Waals surface area contributed by atoms with Crippen molar-refractivity contribution in [3.8, 4) is 0 Å². The zero-order valence-corrected chi connectivity index (χ0v) is 5.86. The third kappa shape index (κ3) is 6.18. The Labute approximate surface area is 52.5 Å². The fourth-order valence-corrected chi connectivity index (χ4v) is 0.306. The minimum absolute atomic E-state index is 0.566. The van der Waals surface area contributed by atoms with E-state index in [0.717, 1.165) is 4.48 Å². The Morgan fingerprint density at radius 2 is 2.57 bits per heavy atom. The highest BCUT2D eigenvalue weighted by Crippen LogP contribution is 2.00. The zero-order valence-electron chi connectivity index (χ0n) is 4.28. The van der Waals surface area contributed by atoms with Crippen molar-refractivity contribution in [2.45, 2.75) is 6.92 Å². The predicted molar refractivity (Wildman–Crippen MR) is 34.0 cm³/mol. The standard InChI is InChI=1S/C5H8BrO/c1-3-7-4-5(2)6/h3H,2,4H2,1H3. The molecule has 0 aliphatic rings. The zero-order chi connectivity index (χ0) is 5.70. The van der Waals surface area contributed by atoms with Crippen LogP contribution in [0.25, 0.3) is 0 Å². The van der Waals surface area contributed by atoms with E-state index in [-0.39, 0.29) is 0 Å². The Balaban J connectivity index is 2.82. The van der Waals surface area contributed by atoms with Crippen LogP contribution in [0.2, 0.25) is 0 Å². The molecule has 0 saturated carbocycles. The van der Waals surface area contributed by atoms with Gasteiger partial charge in [-0.05, 0) is 6.92 Å². The summed E-state index contributed by atoms with van der Waals surface area (Å²) in [6, 6.07) is 0. The average molecular weight is 164 g/mol. The molecule has 1 nitrogen and oxygen atoms in total. The van der Waals surface area contributed by atoms with Crippen LogP contribution in [0.4, 0.5) is 0 Å². The van der Waals surface area contributed by atoms with E-state index in [4.69, 9.17) is 4.74 Å². The number of ether oxygens (including phenoxy) is 1. The van der Waals surface area contributed by atoms with Crippen molar-refractivity contribution in [2.75, 3.05) is 6.61 Å². The molecule has 0 heterocycles. The van der Waals surface area contributed by atoms with Crippen molar-refractivity contribution in [1.29, 1.82) is 0 Å². The molecule has 0 atom stereocenters. The molecule has 0 unspecified atom stereocenters. The van der Waals surface area contributed by atoms with E-state index < -0.39 is 0 Å². The largest absolute Gasteiger partial charge is 0.371 e. The molecule has 7 heavy (non-hydrogen) atoms. The first-order chi connectivity index (χ1) is 3.27. The molecule has 0 aromatic carbocycles. The second kappa shape index (κ2) is 4.34. The molecule has 1 radical (unpaired) electrons. The first kappa shape index (κ1) is 7.18. The summed E-state index contributed by atoms with van der Waals surface area (Å²) in [4.78, 5) is 0. The van der Waals surface area contributed by atoms with Crippen LogP contribution in [0.3, 0.4) is 0 Å². The predicted octanol–water partition coefficient (Wildman–Crippen LogP) is 2.09. The van der Waals surface area contributed by atoms with Gasteiger partial charge in [0, 0.05) is 4.48 Å². The first-order valence-corrected chi connectivity index (χ1v) is 2.79. The molecule has 0 spiro atoms. The van der Waals surface area contributed by atoms with Crippen LogP contribution in [0.15, 0.2) is 11.1 Å². The molecule has 0 bridgehead atoms. The fourth-order valence-electron chi connectivity index (χ4n) is 0.174. The van der Waals surface area contributed by atoms with E-state index in [9.17, 15) is 0 Å². The fraction of sp³-hybridized carbons (Fsp3) is 0.400. The molecule has 0 aromatic rings. The molecule has 41 valence electrons. The minimum Gasteiger partial charge on any atom is -0.371 e. The van der Waals surface area contributed by atoms with Gasteiger partial charge in [-0.2, -0.15) is 0 Å². The molecule has 0 aliphatic heterocycles. The summed E-state index contributed by atoms with van der Waals surface area (Å²) in [5.41, 5.74) is 0. The number of rotatable bonds is 3. The van der Waals surface area contributed by atoms with Gasteiger partial charge in [-0.15, -0.1) is 0 Å². The van der Waals surface area contributed by atoms with Crippen LogP contribution in [0.5, 0.6) is 0 Å². The summed E-state index contributed by atoms with van der Waals surface area (Å²) in [7, 11) is 0. The molecular formula is C5H8BrO. The lowest BCUT2D eigenvalue weighted by molar-refractivity contribution is 0.238. The van der Waals surface area contributed by atoms with Crippen LogP contribution in [-0.2, 0) is 4.74 Å². The summed E-state index contributed by atoms with van der Waals surface area (Å²) in [6.45, 7) is 7.59. The lowest BCUT2D eigenvalue weighted by Gasteiger charge is -1.93. The molecule has 0 saturated heterocycles. The maximum atomic E-state index is 4.82. The van der Waals surface area contributed by atoms with Crippen LogP contribution in [0.1, 0.15) is 6.92 Å². The van der Waals surface area contributed by atoms with Crippen LogP contribution < -0.4 is 0 Å². The summed E-state index contributed by atoms with van der Waals surface area (Å²) < 4.78 is 5.69. The maximum absolute atomic E-state index is 4.82. The smallest absolute Gasteiger partial charge is 0.0810 e. The van der Waals surface area contributed by atoms with E-state index in [2.05, 4.69) is 22.5 Å². The summed E-state index contributed by atoms with van der Waals surface area (Å²) >= 11 is 3.14. The highest BCUT2D eigenvalue weighted by atomic mass is 79.9. The van der Waals surface area contributed by atoms with Gasteiger partial charge in [0.25, 0.3) is 0 Å². The summed E-state index contributed by atoms with van der Waals surface area (Å²) in [5.74, 6) is 0. The number of hydrogen-bond donors (Lipinski definition) is 0. The second-order valence-electron chi connectivity index (χ2n) is 1.06. The molecule has 0 N–H and O–H groups in total. The maximum Gasteiger partial charge on any atom is 0.0810 e. The van der Waals surface area contributed by atoms with Gasteiger partial charge < -0.3 is 4.74 Å². The van der Waals surface area contributed by atoms with Gasteiger partial charge in [0.1, 0.15) is 0 Å². The van der Waals surface area contributed by atoms with E-state index in [0.29, 0.717) is 6.61 Å². The van der Waals surface area contributed by atoms with Crippen molar-refractivity contribution in [3.05, 3.63) is 17.7 Å². The molecule has 0 aromatic heterocycles. The van der Waals surface area contributed by atoms with E-state index in [1.54, 1.807) is 6.61 Å². The third-order valence-electron chi connectivity index (χ3n) is 0.407. The second-order valence-corrected chi connectivity index (χ2v) is 2.19. The molecule has 0 amide bonds. The Morgan fingerprint density at radius 1 is 2.00 bits per heavy atom. The molecule has 2 heteroatoms. The molecule has 0 fully saturated rings. The normalized spacial score (nSPS) is 8.86. The summed E-state index contributed by atoms with van der Waals surface area (Å²) in [6.07, 6.45) is 0. The van der Waals surface area contributed by atoms with Gasteiger partial charge in [0.05, 0.1) is 13.2 Å². The highest BCUT2D eigenvalue weighted by Gasteiger charge is 1.82. The van der Waals surface area contributed by atoms with E-state index in [1.807, 2.05) is 6.92 Å². The van der Waals surface area contributed by atoms with Gasteiger partial charge in [0.2, 0.25) is 0 Å². The number of hydrogen-bond acceptors (Lipinski definition) is 1. The van der Waals surface area contributed by atoms with Crippen LogP contribution in [0, 0.1) is 6.61 Å². The monoisotopic (exact) mass is 163 g/mol. The van der Waals surface area contributed by atoms with Gasteiger partial charge in [0.15, 0.2) is 0 Å². The topological polar surface area (TPSA) is 9.23 Å². The first-order valence-electron chi connectivity index (χ1n) is 2.00. The van der Waals surface area contributed by atoms with E-state index in [1.165, 1.54) is 0 Å². The van der Waals surface area contributed by atoms with E-state index >= 15 is 0 Å². The van der Waals surface area contributed by atoms with Crippen molar-refractivity contribution < 1.29 is 4.74 Å². The lowest BCUT2D eigenvalue weighted by Crippen LogP contribution is -1.85. The van der Waals surface area contributed by atoms with Gasteiger partial charge in [-0.1, -0.05) is 22.5 Å². The Morgan fingerprint density at radius 3 is 2.71 bits per heavy atom. The van der Waals surface area contributed by atoms with Gasteiger partial charge in [-0.3, -0.25) is 0 Å². The van der Waals surface area contributed by atoms with Crippen LogP contribution in [-0.4, -0.2) is 6.61 Å². The van der Waals surface area contributed by atoms with Gasteiger partial charge in [-0.25, -0.2) is 0 Å². The van der Waals surface area contributed by atoms with Gasteiger partial charge >= 0.3 is 0 Å². The Kier molecular flexibility index (Phi) is 4.45. The Bertz CT molecular complexity index is 61.1. The van der Waals surface area contributed by atoms with Crippen LogP contribution >= 0.6 is 15.9 Å². The van der Waals surface area contributed by atoms with Crippen molar-refractivity contribution >= 4 is 15.9 Å². The highest BCUT2D eigenvalue weighted by molar-refractivity contribution is 9.11.